The van der Waals surface area contributed by atoms with Gasteiger partial charge in [0.05, 0.1) is 19.9 Å². The lowest BCUT2D eigenvalue weighted by Gasteiger charge is -2.44. The van der Waals surface area contributed by atoms with Crippen LogP contribution in [0.2, 0.25) is 0 Å². The number of oxime groups is 1. The van der Waals surface area contributed by atoms with Crippen molar-refractivity contribution in [2.24, 2.45) is 5.16 Å². The fourth-order valence-corrected chi connectivity index (χ4v) is 4.42. The van der Waals surface area contributed by atoms with Gasteiger partial charge < -0.3 is 14.7 Å². The molecule has 0 saturated carbocycles. The summed E-state index contributed by atoms with van der Waals surface area (Å²) in [5.74, 6) is 1.66. The normalized spacial score (nSPS) is 23.6. The van der Waals surface area contributed by atoms with Gasteiger partial charge in [-0.1, -0.05) is 35.0 Å². The van der Waals surface area contributed by atoms with Gasteiger partial charge in [0.25, 0.3) is 0 Å². The van der Waals surface area contributed by atoms with Gasteiger partial charge >= 0.3 is 0 Å². The van der Waals surface area contributed by atoms with E-state index < -0.39 is 0 Å². The Balaban J connectivity index is 1.68. The smallest absolute Gasteiger partial charge is 0.161 e. The van der Waals surface area contributed by atoms with Crippen molar-refractivity contribution < 1.29 is 14.7 Å². The van der Waals surface area contributed by atoms with Crippen LogP contribution in [0.4, 0.5) is 0 Å². The van der Waals surface area contributed by atoms with Crippen molar-refractivity contribution in [3.63, 3.8) is 0 Å². The minimum absolute atomic E-state index is 0.133. The van der Waals surface area contributed by atoms with E-state index in [-0.39, 0.29) is 12.0 Å². The van der Waals surface area contributed by atoms with Crippen molar-refractivity contribution >= 4 is 5.71 Å². The fourth-order valence-electron chi connectivity index (χ4n) is 4.42. The molecule has 0 bridgehead atoms. The van der Waals surface area contributed by atoms with Crippen molar-refractivity contribution in [1.82, 2.24) is 4.90 Å². The minimum Gasteiger partial charge on any atom is -0.493 e. The first kappa shape index (κ1) is 17.9. The molecule has 0 spiro atoms. The summed E-state index contributed by atoms with van der Waals surface area (Å²) in [7, 11) is 3.34. The SMILES string of the molecule is COc1cc2c(cc1OC)C1CC(=NO)C(c3ccc(C)cc3)CN1CC2. The molecule has 2 aliphatic heterocycles. The molecule has 2 heterocycles. The van der Waals surface area contributed by atoms with E-state index >= 15 is 0 Å². The van der Waals surface area contributed by atoms with Gasteiger partial charge in [0.15, 0.2) is 11.5 Å². The van der Waals surface area contributed by atoms with Crippen LogP contribution in [-0.4, -0.2) is 43.1 Å². The molecule has 2 unspecified atom stereocenters. The van der Waals surface area contributed by atoms with Crippen LogP contribution in [0.3, 0.4) is 0 Å². The van der Waals surface area contributed by atoms with Gasteiger partial charge in [0.1, 0.15) is 0 Å². The Bertz CT molecular complexity index is 861. The molecule has 2 aromatic carbocycles. The average molecular weight is 366 g/mol. The van der Waals surface area contributed by atoms with Crippen molar-refractivity contribution in [2.45, 2.75) is 31.7 Å². The maximum Gasteiger partial charge on any atom is 0.161 e. The summed E-state index contributed by atoms with van der Waals surface area (Å²) in [5.41, 5.74) is 5.85. The van der Waals surface area contributed by atoms with Crippen LogP contribution in [-0.2, 0) is 6.42 Å². The molecule has 0 aromatic heterocycles. The van der Waals surface area contributed by atoms with Crippen LogP contribution in [0.25, 0.3) is 0 Å². The summed E-state index contributed by atoms with van der Waals surface area (Å²) in [6, 6.07) is 12.9. The van der Waals surface area contributed by atoms with E-state index in [9.17, 15) is 5.21 Å². The van der Waals surface area contributed by atoms with Crippen molar-refractivity contribution in [2.75, 3.05) is 27.3 Å². The second-order valence-electron chi connectivity index (χ2n) is 7.43. The number of rotatable bonds is 3. The lowest BCUT2D eigenvalue weighted by Crippen LogP contribution is -2.45. The topological polar surface area (TPSA) is 54.3 Å². The molecule has 5 heteroatoms. The van der Waals surface area contributed by atoms with Crippen LogP contribution in [0.1, 0.15) is 40.6 Å². The van der Waals surface area contributed by atoms with Crippen LogP contribution in [0, 0.1) is 6.92 Å². The van der Waals surface area contributed by atoms with E-state index in [4.69, 9.17) is 9.47 Å². The number of methoxy groups -OCH3 is 2. The first-order chi connectivity index (χ1) is 13.1. The Kier molecular flexibility index (Phi) is 4.79. The largest absolute Gasteiger partial charge is 0.493 e. The van der Waals surface area contributed by atoms with E-state index in [0.29, 0.717) is 0 Å². The molecule has 1 saturated heterocycles. The van der Waals surface area contributed by atoms with E-state index in [1.54, 1.807) is 14.2 Å². The molecule has 2 aliphatic rings. The molecule has 0 amide bonds. The predicted molar refractivity (Wildman–Crippen MR) is 105 cm³/mol. The Morgan fingerprint density at radius 1 is 1.07 bits per heavy atom. The molecular formula is C22H26N2O3. The van der Waals surface area contributed by atoms with Gasteiger partial charge in [0, 0.05) is 31.5 Å². The Morgan fingerprint density at radius 3 is 2.44 bits per heavy atom. The third-order valence-corrected chi connectivity index (χ3v) is 5.94. The van der Waals surface area contributed by atoms with Gasteiger partial charge in [-0.3, -0.25) is 4.90 Å². The monoisotopic (exact) mass is 366 g/mol. The summed E-state index contributed by atoms with van der Waals surface area (Å²) >= 11 is 0. The van der Waals surface area contributed by atoms with Crippen molar-refractivity contribution in [1.29, 1.82) is 0 Å². The maximum atomic E-state index is 9.72. The number of aryl methyl sites for hydroxylation is 1. The zero-order valence-corrected chi connectivity index (χ0v) is 16.1. The molecule has 4 rings (SSSR count). The van der Waals surface area contributed by atoms with Crippen LogP contribution >= 0.6 is 0 Å². The lowest BCUT2D eigenvalue weighted by molar-refractivity contribution is 0.166. The Labute approximate surface area is 160 Å². The molecule has 1 fully saturated rings. The summed E-state index contributed by atoms with van der Waals surface area (Å²) < 4.78 is 11.0. The number of nitrogens with zero attached hydrogens (tertiary/aromatic N) is 2. The van der Waals surface area contributed by atoms with Gasteiger partial charge in [0.2, 0.25) is 0 Å². The van der Waals surface area contributed by atoms with Gasteiger partial charge in [-0.2, -0.15) is 0 Å². The molecular weight excluding hydrogens is 340 g/mol. The Morgan fingerprint density at radius 2 is 1.78 bits per heavy atom. The zero-order chi connectivity index (χ0) is 19.0. The van der Waals surface area contributed by atoms with E-state index in [1.165, 1.54) is 22.3 Å². The van der Waals surface area contributed by atoms with Crippen LogP contribution in [0.15, 0.2) is 41.6 Å². The fraction of sp³-hybridized carbons (Fsp3) is 0.409. The highest BCUT2D eigenvalue weighted by Gasteiger charge is 2.38. The number of hydrogen-bond donors (Lipinski definition) is 1. The molecule has 1 N–H and O–H groups in total. The van der Waals surface area contributed by atoms with Gasteiger partial charge in [-0.05, 0) is 42.2 Å². The average Bonchev–Trinajstić information content (AvgIpc) is 2.72. The highest BCUT2D eigenvalue weighted by Crippen LogP contribution is 2.43. The number of ether oxygens (including phenoxy) is 2. The summed E-state index contributed by atoms with van der Waals surface area (Å²) in [5, 5.41) is 13.4. The molecule has 2 atom stereocenters. The van der Waals surface area contributed by atoms with Crippen molar-refractivity contribution in [3.8, 4) is 11.5 Å². The number of benzene rings is 2. The van der Waals surface area contributed by atoms with Gasteiger partial charge in [-0.25, -0.2) is 0 Å². The Hall–Kier alpha value is -2.53. The van der Waals surface area contributed by atoms with Crippen LogP contribution in [0.5, 0.6) is 11.5 Å². The molecule has 142 valence electrons. The lowest BCUT2D eigenvalue weighted by atomic mass is 9.79. The summed E-state index contributed by atoms with van der Waals surface area (Å²) in [6.45, 7) is 3.94. The van der Waals surface area contributed by atoms with Gasteiger partial charge in [-0.15, -0.1) is 0 Å². The van der Waals surface area contributed by atoms with E-state index in [1.807, 2.05) is 0 Å². The molecule has 2 aromatic rings. The standard InChI is InChI=1S/C22H26N2O3/c1-14-4-6-15(7-5-14)18-13-24-9-8-16-10-21(26-2)22(27-3)11-17(16)20(24)12-19(18)23-25/h4-7,10-11,18,20,25H,8-9,12-13H2,1-3H3. The third kappa shape index (κ3) is 3.16. The van der Waals surface area contributed by atoms with Crippen LogP contribution < -0.4 is 9.47 Å². The first-order valence-corrected chi connectivity index (χ1v) is 9.40. The summed E-state index contributed by atoms with van der Waals surface area (Å²) in [4.78, 5) is 2.51. The number of hydrogen-bond acceptors (Lipinski definition) is 5. The molecule has 0 aliphatic carbocycles. The highest BCUT2D eigenvalue weighted by atomic mass is 16.5. The first-order valence-electron chi connectivity index (χ1n) is 9.40. The number of fused-ring (bicyclic) bond motifs is 3. The van der Waals surface area contributed by atoms with E-state index in [2.05, 4.69) is 53.4 Å². The maximum absolute atomic E-state index is 9.72. The quantitative estimate of drug-likeness (QED) is 0.661. The molecule has 27 heavy (non-hydrogen) atoms. The predicted octanol–water partition coefficient (Wildman–Crippen LogP) is 3.93. The number of piperidine rings is 1. The molecule has 0 radical (unpaired) electrons. The zero-order valence-electron chi connectivity index (χ0n) is 16.1. The minimum atomic E-state index is 0.133. The van der Waals surface area contributed by atoms with Crippen molar-refractivity contribution in [3.05, 3.63) is 58.7 Å². The summed E-state index contributed by atoms with van der Waals surface area (Å²) in [6.07, 6.45) is 1.70. The second kappa shape index (κ2) is 7.24. The third-order valence-electron chi connectivity index (χ3n) is 5.94. The highest BCUT2D eigenvalue weighted by molar-refractivity contribution is 5.92. The van der Waals surface area contributed by atoms with E-state index in [0.717, 1.165) is 43.1 Å². The second-order valence-corrected chi connectivity index (χ2v) is 7.43. The molecule has 5 nitrogen and oxygen atoms in total.